The Labute approximate surface area is 158 Å². The van der Waals surface area contributed by atoms with Gasteiger partial charge in [-0.1, -0.05) is 6.07 Å². The average Bonchev–Trinajstić information content (AvgIpc) is 3.22. The number of nitrogens with one attached hydrogen (secondary N) is 2. The van der Waals surface area contributed by atoms with Crippen molar-refractivity contribution in [2.45, 2.75) is 6.54 Å². The number of hydrogen-bond acceptors (Lipinski definition) is 6. The van der Waals surface area contributed by atoms with Gasteiger partial charge in [-0.05, 0) is 35.9 Å². The van der Waals surface area contributed by atoms with E-state index in [9.17, 15) is 4.39 Å². The van der Waals surface area contributed by atoms with E-state index in [-0.39, 0.29) is 5.82 Å². The van der Waals surface area contributed by atoms with Gasteiger partial charge in [-0.2, -0.15) is 0 Å². The van der Waals surface area contributed by atoms with Crippen molar-refractivity contribution in [3.8, 4) is 11.4 Å². The number of aromatic nitrogens is 6. The van der Waals surface area contributed by atoms with Crippen LogP contribution in [0.1, 0.15) is 5.56 Å². The summed E-state index contributed by atoms with van der Waals surface area (Å²) in [5.41, 5.74) is 4.25. The minimum atomic E-state index is -0.319. The Morgan fingerprint density at radius 1 is 1.00 bits per heavy atom. The van der Waals surface area contributed by atoms with Gasteiger partial charge in [0.2, 0.25) is 0 Å². The maximum atomic E-state index is 13.7. The summed E-state index contributed by atoms with van der Waals surface area (Å²) in [6, 6.07) is 12.2. The van der Waals surface area contributed by atoms with Crippen LogP contribution in [0.15, 0.2) is 61.3 Å². The van der Waals surface area contributed by atoms with Crippen LogP contribution >= 0.6 is 0 Å². The SMILES string of the molecule is Fc1ccc2cc(CNc3ncnc4nc[nH]c34)c(-c3ccccn3)nc2c1. The Morgan fingerprint density at radius 2 is 1.96 bits per heavy atom. The van der Waals surface area contributed by atoms with Crippen molar-refractivity contribution in [3.63, 3.8) is 0 Å². The molecule has 0 saturated carbocycles. The second kappa shape index (κ2) is 6.66. The molecular formula is C20H14FN7. The molecule has 4 heterocycles. The summed E-state index contributed by atoms with van der Waals surface area (Å²) in [6.07, 6.45) is 4.76. The van der Waals surface area contributed by atoms with Gasteiger partial charge in [0, 0.05) is 24.2 Å². The number of imidazole rings is 1. The first-order chi connectivity index (χ1) is 13.8. The van der Waals surface area contributed by atoms with E-state index in [1.54, 1.807) is 18.6 Å². The zero-order chi connectivity index (χ0) is 18.9. The molecule has 0 radical (unpaired) electrons. The van der Waals surface area contributed by atoms with Gasteiger partial charge in [0.25, 0.3) is 0 Å². The van der Waals surface area contributed by atoms with Crippen molar-refractivity contribution < 1.29 is 4.39 Å². The molecule has 0 fully saturated rings. The van der Waals surface area contributed by atoms with E-state index in [2.05, 4.69) is 35.2 Å². The minimum absolute atomic E-state index is 0.319. The summed E-state index contributed by atoms with van der Waals surface area (Å²) in [7, 11) is 0. The summed E-state index contributed by atoms with van der Waals surface area (Å²) < 4.78 is 13.7. The second-order valence-electron chi connectivity index (χ2n) is 6.23. The van der Waals surface area contributed by atoms with E-state index >= 15 is 0 Å². The minimum Gasteiger partial charge on any atom is -0.364 e. The van der Waals surface area contributed by atoms with Gasteiger partial charge in [0.15, 0.2) is 11.5 Å². The first-order valence-electron chi connectivity index (χ1n) is 8.66. The van der Waals surface area contributed by atoms with Crippen molar-refractivity contribution in [3.05, 3.63) is 72.7 Å². The number of fused-ring (bicyclic) bond motifs is 2. The summed E-state index contributed by atoms with van der Waals surface area (Å²) in [6.45, 7) is 0.456. The van der Waals surface area contributed by atoms with Gasteiger partial charge in [0.05, 0.1) is 23.2 Å². The molecule has 0 aliphatic rings. The lowest BCUT2D eigenvalue weighted by molar-refractivity contribution is 0.629. The van der Waals surface area contributed by atoms with Gasteiger partial charge in [-0.3, -0.25) is 4.98 Å². The van der Waals surface area contributed by atoms with Crippen LogP contribution in [0.25, 0.3) is 33.5 Å². The number of benzene rings is 1. The molecule has 1 aromatic carbocycles. The fourth-order valence-corrected chi connectivity index (χ4v) is 3.12. The number of aromatic amines is 1. The molecule has 2 N–H and O–H groups in total. The molecule has 0 atom stereocenters. The van der Waals surface area contributed by atoms with Crippen molar-refractivity contribution in [1.29, 1.82) is 0 Å². The number of anilines is 1. The van der Waals surface area contributed by atoms with E-state index in [1.165, 1.54) is 18.5 Å². The highest BCUT2D eigenvalue weighted by Gasteiger charge is 2.12. The molecular weight excluding hydrogens is 357 g/mol. The first-order valence-corrected chi connectivity index (χ1v) is 8.66. The van der Waals surface area contributed by atoms with Crippen LogP contribution in [-0.2, 0) is 6.54 Å². The molecule has 136 valence electrons. The number of rotatable bonds is 4. The summed E-state index contributed by atoms with van der Waals surface area (Å²) in [5.74, 6) is 0.328. The van der Waals surface area contributed by atoms with Gasteiger partial charge in [-0.15, -0.1) is 0 Å². The quantitative estimate of drug-likeness (QED) is 0.500. The van der Waals surface area contributed by atoms with Crippen molar-refractivity contribution in [1.82, 2.24) is 29.9 Å². The van der Waals surface area contributed by atoms with Crippen molar-refractivity contribution in [2.24, 2.45) is 0 Å². The zero-order valence-electron chi connectivity index (χ0n) is 14.6. The topological polar surface area (TPSA) is 92.3 Å². The number of hydrogen-bond donors (Lipinski definition) is 2. The van der Waals surface area contributed by atoms with Crippen LogP contribution in [0.4, 0.5) is 10.2 Å². The predicted molar refractivity (Wildman–Crippen MR) is 104 cm³/mol. The van der Waals surface area contributed by atoms with Gasteiger partial charge >= 0.3 is 0 Å². The Bertz CT molecular complexity index is 1280. The van der Waals surface area contributed by atoms with Crippen molar-refractivity contribution >= 4 is 27.9 Å². The Morgan fingerprint density at radius 3 is 2.86 bits per heavy atom. The number of H-pyrrole nitrogens is 1. The molecule has 5 rings (SSSR count). The monoisotopic (exact) mass is 371 g/mol. The van der Waals surface area contributed by atoms with Crippen LogP contribution in [0.5, 0.6) is 0 Å². The summed E-state index contributed by atoms with van der Waals surface area (Å²) >= 11 is 0. The van der Waals surface area contributed by atoms with Crippen molar-refractivity contribution in [2.75, 3.05) is 5.32 Å². The molecule has 0 amide bonds. The van der Waals surface area contributed by atoms with E-state index in [1.807, 2.05) is 24.3 Å². The maximum Gasteiger partial charge on any atom is 0.182 e. The molecule has 8 heteroatoms. The third-order valence-electron chi connectivity index (χ3n) is 4.44. The highest BCUT2D eigenvalue weighted by molar-refractivity contribution is 5.84. The lowest BCUT2D eigenvalue weighted by atomic mass is 10.1. The fourth-order valence-electron chi connectivity index (χ4n) is 3.12. The molecule has 28 heavy (non-hydrogen) atoms. The molecule has 7 nitrogen and oxygen atoms in total. The predicted octanol–water partition coefficient (Wildman–Crippen LogP) is 3.71. The largest absolute Gasteiger partial charge is 0.364 e. The lowest BCUT2D eigenvalue weighted by Crippen LogP contribution is -2.06. The number of halogens is 1. The first kappa shape index (κ1) is 16.2. The second-order valence-corrected chi connectivity index (χ2v) is 6.23. The molecule has 4 aromatic heterocycles. The van der Waals surface area contributed by atoms with Gasteiger partial charge in [0.1, 0.15) is 17.7 Å². The van der Waals surface area contributed by atoms with E-state index in [0.717, 1.165) is 22.2 Å². The van der Waals surface area contributed by atoms with Gasteiger partial charge in [-0.25, -0.2) is 24.3 Å². The van der Waals surface area contributed by atoms with Crippen LogP contribution in [-0.4, -0.2) is 29.9 Å². The summed E-state index contributed by atoms with van der Waals surface area (Å²) in [4.78, 5) is 24.7. The molecule has 0 bridgehead atoms. The lowest BCUT2D eigenvalue weighted by Gasteiger charge is -2.12. The molecule has 0 aliphatic carbocycles. The Balaban J connectivity index is 1.59. The van der Waals surface area contributed by atoms with E-state index < -0.39 is 0 Å². The normalized spacial score (nSPS) is 11.2. The van der Waals surface area contributed by atoms with Gasteiger partial charge < -0.3 is 10.3 Å². The molecule has 0 unspecified atom stereocenters. The number of pyridine rings is 2. The van der Waals surface area contributed by atoms with E-state index in [4.69, 9.17) is 0 Å². The molecule has 0 saturated heterocycles. The zero-order valence-corrected chi connectivity index (χ0v) is 14.6. The van der Waals surface area contributed by atoms with Crippen LogP contribution < -0.4 is 5.32 Å². The molecule has 0 aliphatic heterocycles. The number of nitrogens with zero attached hydrogens (tertiary/aromatic N) is 5. The fraction of sp³-hybridized carbons (Fsp3) is 0.0500. The highest BCUT2D eigenvalue weighted by atomic mass is 19.1. The molecule has 0 spiro atoms. The average molecular weight is 371 g/mol. The smallest absolute Gasteiger partial charge is 0.182 e. The third kappa shape index (κ3) is 2.90. The van der Waals surface area contributed by atoms with Crippen LogP contribution in [0.2, 0.25) is 0 Å². The standard InChI is InChI=1S/C20H14FN7/c21-14-5-4-12-7-13(9-23-19-18-20(25-10-24-18)27-11-26-19)17(28-16(12)8-14)15-3-1-2-6-22-15/h1-8,10-11H,9H2,(H2,23,24,25,26,27). The maximum absolute atomic E-state index is 13.7. The van der Waals surface area contributed by atoms with E-state index in [0.29, 0.717) is 29.2 Å². The third-order valence-corrected chi connectivity index (χ3v) is 4.44. The Kier molecular flexibility index (Phi) is 3.86. The highest BCUT2D eigenvalue weighted by Crippen LogP contribution is 2.26. The summed E-state index contributed by atoms with van der Waals surface area (Å²) in [5, 5.41) is 4.17. The Hall–Kier alpha value is -3.94. The van der Waals surface area contributed by atoms with Crippen LogP contribution in [0.3, 0.4) is 0 Å². The molecule has 5 aromatic rings. The van der Waals surface area contributed by atoms with Crippen LogP contribution in [0, 0.1) is 5.82 Å².